The molecule has 1 N–H and O–H groups in total. The van der Waals surface area contributed by atoms with E-state index in [1.165, 1.54) is 6.42 Å². The summed E-state index contributed by atoms with van der Waals surface area (Å²) in [6, 6.07) is 10.4. The molecule has 21 heavy (non-hydrogen) atoms. The van der Waals surface area contributed by atoms with Gasteiger partial charge in [-0.15, -0.1) is 0 Å². The first-order valence-corrected chi connectivity index (χ1v) is 8.34. The first-order valence-electron chi connectivity index (χ1n) is 7.46. The van der Waals surface area contributed by atoms with Crippen molar-refractivity contribution in [2.45, 2.75) is 32.4 Å². The van der Waals surface area contributed by atoms with Crippen molar-refractivity contribution >= 4 is 33.5 Å². The molecule has 1 aliphatic rings. The van der Waals surface area contributed by atoms with E-state index in [0.29, 0.717) is 5.25 Å². The number of amidine groups is 1. The number of benzene rings is 1. The molecule has 3 nitrogen and oxygen atoms in total. The maximum Gasteiger partial charge on any atom is 0.161 e. The number of aliphatic imine (C=N–C) groups is 1. The van der Waals surface area contributed by atoms with Gasteiger partial charge in [0.05, 0.1) is 17.7 Å². The van der Waals surface area contributed by atoms with E-state index in [9.17, 15) is 0 Å². The summed E-state index contributed by atoms with van der Waals surface area (Å²) in [6.45, 7) is 7.48. The van der Waals surface area contributed by atoms with E-state index in [4.69, 9.17) is 0 Å². The second-order valence-electron chi connectivity index (χ2n) is 5.97. The smallest absolute Gasteiger partial charge is 0.161 e. The predicted octanol–water partition coefficient (Wildman–Crippen LogP) is 4.47. The molecule has 1 aromatic carbocycles. The van der Waals surface area contributed by atoms with Crippen molar-refractivity contribution in [3.8, 4) is 0 Å². The van der Waals surface area contributed by atoms with Gasteiger partial charge in [-0.3, -0.25) is 9.98 Å². The van der Waals surface area contributed by atoms with E-state index in [-0.39, 0.29) is 0 Å². The average Bonchev–Trinajstić information content (AvgIpc) is 2.86. The second-order valence-corrected chi connectivity index (χ2v) is 7.26. The van der Waals surface area contributed by atoms with Gasteiger partial charge in [0.25, 0.3) is 0 Å². The number of fused-ring (bicyclic) bond motifs is 1. The third-order valence-electron chi connectivity index (χ3n) is 3.55. The van der Waals surface area contributed by atoms with E-state index in [2.05, 4.69) is 53.4 Å². The summed E-state index contributed by atoms with van der Waals surface area (Å²) < 4.78 is 0. The van der Waals surface area contributed by atoms with Gasteiger partial charge in [-0.1, -0.05) is 43.8 Å². The summed E-state index contributed by atoms with van der Waals surface area (Å²) in [4.78, 5) is 9.29. The van der Waals surface area contributed by atoms with E-state index in [1.807, 2.05) is 24.8 Å². The first-order chi connectivity index (χ1) is 10.1. The zero-order valence-electron chi connectivity index (χ0n) is 12.8. The number of hydrogen-bond donors (Lipinski definition) is 1. The van der Waals surface area contributed by atoms with Crippen LogP contribution in [0, 0.1) is 12.8 Å². The van der Waals surface area contributed by atoms with Crippen molar-refractivity contribution in [3.05, 3.63) is 36.0 Å². The summed E-state index contributed by atoms with van der Waals surface area (Å²) in [5, 5.41) is 6.26. The van der Waals surface area contributed by atoms with Crippen molar-refractivity contribution in [3.63, 3.8) is 0 Å². The summed E-state index contributed by atoms with van der Waals surface area (Å²) >= 11 is 1.86. The quantitative estimate of drug-likeness (QED) is 0.908. The van der Waals surface area contributed by atoms with Crippen LogP contribution in [0.1, 0.15) is 26.0 Å². The Morgan fingerprint density at radius 1 is 1.29 bits per heavy atom. The Balaban J connectivity index is 1.78. The van der Waals surface area contributed by atoms with Gasteiger partial charge in [-0.05, 0) is 31.4 Å². The maximum absolute atomic E-state index is 4.66. The molecule has 4 heteroatoms. The largest absolute Gasteiger partial charge is 0.333 e. The molecule has 3 rings (SSSR count). The van der Waals surface area contributed by atoms with Crippen LogP contribution in [-0.4, -0.2) is 21.9 Å². The normalized spacial score (nSPS) is 18.3. The first kappa shape index (κ1) is 14.4. The average molecular weight is 299 g/mol. The molecule has 1 aliphatic heterocycles. The fourth-order valence-electron chi connectivity index (χ4n) is 2.60. The number of nitrogens with zero attached hydrogens (tertiary/aromatic N) is 2. The molecular weight excluding hydrogens is 278 g/mol. The van der Waals surface area contributed by atoms with Crippen molar-refractivity contribution in [2.24, 2.45) is 10.9 Å². The van der Waals surface area contributed by atoms with Crippen LogP contribution in [0.25, 0.3) is 10.9 Å². The number of para-hydroxylation sites is 1. The highest BCUT2D eigenvalue weighted by molar-refractivity contribution is 8.15. The van der Waals surface area contributed by atoms with Crippen LogP contribution in [-0.2, 0) is 0 Å². The molecule has 2 aromatic rings. The van der Waals surface area contributed by atoms with Crippen molar-refractivity contribution in [1.82, 2.24) is 4.98 Å². The zero-order chi connectivity index (χ0) is 14.8. The van der Waals surface area contributed by atoms with E-state index in [1.54, 1.807) is 0 Å². The molecular formula is C17H21N3S. The summed E-state index contributed by atoms with van der Waals surface area (Å²) in [5.74, 6) is 0.721. The van der Waals surface area contributed by atoms with Gasteiger partial charge in [-0.2, -0.15) is 0 Å². The Bertz CT molecular complexity index is 679. The Labute approximate surface area is 130 Å². The Morgan fingerprint density at radius 2 is 2.14 bits per heavy atom. The van der Waals surface area contributed by atoms with Gasteiger partial charge in [0.15, 0.2) is 5.17 Å². The topological polar surface area (TPSA) is 37.3 Å². The number of nitrogens with one attached hydrogen (secondary N) is 1. The van der Waals surface area contributed by atoms with Gasteiger partial charge < -0.3 is 5.32 Å². The highest BCUT2D eigenvalue weighted by atomic mass is 32.2. The molecule has 2 heterocycles. The molecule has 0 fully saturated rings. The molecule has 1 unspecified atom stereocenters. The lowest BCUT2D eigenvalue weighted by Crippen LogP contribution is -2.10. The highest BCUT2D eigenvalue weighted by Crippen LogP contribution is 2.29. The van der Waals surface area contributed by atoms with Gasteiger partial charge in [-0.25, -0.2) is 0 Å². The van der Waals surface area contributed by atoms with Crippen LogP contribution in [0.5, 0.6) is 0 Å². The van der Waals surface area contributed by atoms with Crippen LogP contribution in [0.4, 0.5) is 5.69 Å². The van der Waals surface area contributed by atoms with Crippen molar-refractivity contribution < 1.29 is 0 Å². The molecule has 0 amide bonds. The maximum atomic E-state index is 4.66. The zero-order valence-corrected chi connectivity index (χ0v) is 13.6. The molecule has 110 valence electrons. The van der Waals surface area contributed by atoms with Crippen LogP contribution < -0.4 is 5.32 Å². The molecule has 0 radical (unpaired) electrons. The lowest BCUT2D eigenvalue weighted by molar-refractivity contribution is 0.575. The molecule has 0 saturated carbocycles. The monoisotopic (exact) mass is 299 g/mol. The third kappa shape index (κ3) is 3.38. The lowest BCUT2D eigenvalue weighted by atomic mass is 10.1. The highest BCUT2D eigenvalue weighted by Gasteiger charge is 2.21. The minimum Gasteiger partial charge on any atom is -0.333 e. The SMILES string of the molecule is Cc1ccc2cccc(NC3=NCC(CC(C)C)S3)c2n1. The van der Waals surface area contributed by atoms with E-state index < -0.39 is 0 Å². The lowest BCUT2D eigenvalue weighted by Gasteiger charge is -2.12. The van der Waals surface area contributed by atoms with Gasteiger partial charge >= 0.3 is 0 Å². The van der Waals surface area contributed by atoms with Crippen LogP contribution >= 0.6 is 11.8 Å². The summed E-state index contributed by atoms with van der Waals surface area (Å²) in [5.41, 5.74) is 3.11. The second kappa shape index (κ2) is 6.06. The number of anilines is 1. The minimum atomic E-state index is 0.608. The van der Waals surface area contributed by atoms with Crippen LogP contribution in [0.3, 0.4) is 0 Å². The molecule has 1 aromatic heterocycles. The van der Waals surface area contributed by atoms with E-state index in [0.717, 1.165) is 39.9 Å². The fraction of sp³-hybridized carbons (Fsp3) is 0.412. The third-order valence-corrected chi connectivity index (χ3v) is 4.68. The van der Waals surface area contributed by atoms with Crippen LogP contribution in [0.2, 0.25) is 0 Å². The summed E-state index contributed by atoms with van der Waals surface area (Å²) in [7, 11) is 0. The number of rotatable bonds is 3. The molecule has 0 spiro atoms. The van der Waals surface area contributed by atoms with Gasteiger partial charge in [0.2, 0.25) is 0 Å². The Morgan fingerprint density at radius 3 is 2.95 bits per heavy atom. The van der Waals surface area contributed by atoms with Gasteiger partial charge in [0.1, 0.15) is 0 Å². The number of aromatic nitrogens is 1. The van der Waals surface area contributed by atoms with E-state index >= 15 is 0 Å². The summed E-state index contributed by atoms with van der Waals surface area (Å²) in [6.07, 6.45) is 1.21. The Hall–Kier alpha value is -1.55. The van der Waals surface area contributed by atoms with Gasteiger partial charge in [0, 0.05) is 16.3 Å². The Kier molecular flexibility index (Phi) is 4.15. The molecule has 0 aliphatic carbocycles. The molecule has 0 saturated heterocycles. The van der Waals surface area contributed by atoms with Crippen molar-refractivity contribution in [2.75, 3.05) is 11.9 Å². The number of thioether (sulfide) groups is 1. The minimum absolute atomic E-state index is 0.608. The fourth-order valence-corrected chi connectivity index (χ4v) is 3.86. The number of hydrogen-bond acceptors (Lipinski definition) is 4. The molecule has 1 atom stereocenters. The predicted molar refractivity (Wildman–Crippen MR) is 93.2 cm³/mol. The standard InChI is InChI=1S/C17H21N3S/c1-11(2)9-14-10-18-17(21-14)20-15-6-4-5-13-8-7-12(3)19-16(13)15/h4-8,11,14H,9-10H2,1-3H3,(H,18,20). The molecule has 0 bridgehead atoms. The van der Waals surface area contributed by atoms with Crippen molar-refractivity contribution in [1.29, 1.82) is 0 Å². The van der Waals surface area contributed by atoms with Crippen LogP contribution in [0.15, 0.2) is 35.3 Å². The number of pyridine rings is 1. The number of aryl methyl sites for hydroxylation is 1.